The predicted molar refractivity (Wildman–Crippen MR) is 76.5 cm³/mol. The molecule has 0 bridgehead atoms. The van der Waals surface area contributed by atoms with Crippen molar-refractivity contribution in [3.8, 4) is 5.88 Å². The van der Waals surface area contributed by atoms with Crippen LogP contribution in [0, 0.1) is 0 Å². The molecule has 0 saturated carbocycles. The van der Waals surface area contributed by atoms with Crippen molar-refractivity contribution < 1.29 is 14.6 Å². The Hall–Kier alpha value is -2.76. The van der Waals surface area contributed by atoms with E-state index in [1.807, 2.05) is 13.0 Å². The smallest absolute Gasteiger partial charge is 0.335 e. The highest BCUT2D eigenvalue weighted by Gasteiger charge is 2.06. The van der Waals surface area contributed by atoms with Crippen molar-refractivity contribution in [1.82, 2.24) is 4.98 Å². The number of ether oxygens (including phenoxy) is 1. The van der Waals surface area contributed by atoms with Crippen LogP contribution in [0.25, 0.3) is 0 Å². The summed E-state index contributed by atoms with van der Waals surface area (Å²) in [6, 6.07) is 8.07. The lowest BCUT2D eigenvalue weighted by Gasteiger charge is -2.10. The fourth-order valence-electron chi connectivity index (χ4n) is 1.65. The van der Waals surface area contributed by atoms with E-state index in [0.29, 0.717) is 23.9 Å². The Bertz CT molecular complexity index is 612. The van der Waals surface area contributed by atoms with Gasteiger partial charge in [-0.1, -0.05) is 0 Å². The number of aromatic carboxylic acids is 1. The summed E-state index contributed by atoms with van der Waals surface area (Å²) in [6.45, 7) is 2.45. The van der Waals surface area contributed by atoms with Crippen molar-refractivity contribution >= 4 is 23.0 Å². The molecule has 0 amide bonds. The monoisotopic (exact) mass is 273 g/mol. The lowest BCUT2D eigenvalue weighted by molar-refractivity contribution is 0.0697. The van der Waals surface area contributed by atoms with E-state index in [-0.39, 0.29) is 5.56 Å². The molecule has 1 aromatic carbocycles. The van der Waals surface area contributed by atoms with Crippen LogP contribution >= 0.6 is 0 Å². The van der Waals surface area contributed by atoms with Gasteiger partial charge in [0.25, 0.3) is 0 Å². The minimum atomic E-state index is -1.01. The number of carbonyl (C=O) groups is 1. The van der Waals surface area contributed by atoms with Crippen LogP contribution in [0.15, 0.2) is 36.5 Å². The zero-order valence-electron chi connectivity index (χ0n) is 11.0. The van der Waals surface area contributed by atoms with Gasteiger partial charge in [-0.25, -0.2) is 9.78 Å². The summed E-state index contributed by atoms with van der Waals surface area (Å²) in [5.41, 5.74) is 7.69. The molecule has 6 nitrogen and oxygen atoms in total. The van der Waals surface area contributed by atoms with Gasteiger partial charge in [0.15, 0.2) is 0 Å². The fourth-order valence-corrected chi connectivity index (χ4v) is 1.65. The van der Waals surface area contributed by atoms with Crippen molar-refractivity contribution in [2.75, 3.05) is 17.7 Å². The van der Waals surface area contributed by atoms with E-state index in [1.165, 1.54) is 12.1 Å². The van der Waals surface area contributed by atoms with Gasteiger partial charge in [-0.2, -0.15) is 0 Å². The van der Waals surface area contributed by atoms with E-state index < -0.39 is 5.97 Å². The Labute approximate surface area is 116 Å². The summed E-state index contributed by atoms with van der Waals surface area (Å²) in [5.74, 6) is -0.460. The molecule has 0 fully saturated rings. The van der Waals surface area contributed by atoms with Crippen LogP contribution in [0.4, 0.5) is 17.1 Å². The number of carboxylic acid groups (broad SMARTS) is 1. The van der Waals surface area contributed by atoms with Crippen molar-refractivity contribution in [3.63, 3.8) is 0 Å². The lowest BCUT2D eigenvalue weighted by atomic mass is 10.1. The highest BCUT2D eigenvalue weighted by atomic mass is 16.5. The molecule has 0 aliphatic carbocycles. The first-order valence-electron chi connectivity index (χ1n) is 6.09. The number of aromatic nitrogens is 1. The Morgan fingerprint density at radius 3 is 2.75 bits per heavy atom. The van der Waals surface area contributed by atoms with Gasteiger partial charge in [0, 0.05) is 6.07 Å². The van der Waals surface area contributed by atoms with Gasteiger partial charge in [0.05, 0.1) is 35.4 Å². The number of nitrogen functional groups attached to an aromatic ring is 1. The van der Waals surface area contributed by atoms with E-state index in [9.17, 15) is 4.79 Å². The van der Waals surface area contributed by atoms with Crippen LogP contribution in [-0.2, 0) is 0 Å². The molecular formula is C14H15N3O3. The van der Waals surface area contributed by atoms with Gasteiger partial charge in [-0.3, -0.25) is 0 Å². The number of pyridine rings is 1. The van der Waals surface area contributed by atoms with Gasteiger partial charge in [-0.05, 0) is 31.2 Å². The van der Waals surface area contributed by atoms with Gasteiger partial charge >= 0.3 is 5.97 Å². The molecule has 0 aliphatic rings. The van der Waals surface area contributed by atoms with E-state index in [1.54, 1.807) is 18.3 Å². The second kappa shape index (κ2) is 5.92. The molecule has 0 saturated heterocycles. The van der Waals surface area contributed by atoms with Gasteiger partial charge in [-0.15, -0.1) is 0 Å². The van der Waals surface area contributed by atoms with Crippen LogP contribution in [0.2, 0.25) is 0 Å². The van der Waals surface area contributed by atoms with Crippen LogP contribution in [0.5, 0.6) is 5.88 Å². The number of benzene rings is 1. The van der Waals surface area contributed by atoms with Crippen molar-refractivity contribution in [2.45, 2.75) is 6.92 Å². The quantitative estimate of drug-likeness (QED) is 0.724. The number of nitrogens with one attached hydrogen (secondary N) is 1. The molecule has 20 heavy (non-hydrogen) atoms. The molecule has 0 spiro atoms. The molecule has 0 aliphatic heterocycles. The first-order chi connectivity index (χ1) is 9.60. The normalized spacial score (nSPS) is 10.1. The zero-order valence-corrected chi connectivity index (χ0v) is 11.0. The lowest BCUT2D eigenvalue weighted by Crippen LogP contribution is -2.01. The van der Waals surface area contributed by atoms with Crippen molar-refractivity contribution in [2.24, 2.45) is 0 Å². The molecular weight excluding hydrogens is 258 g/mol. The first kappa shape index (κ1) is 13.7. The molecule has 0 radical (unpaired) electrons. The number of nitrogens with zero attached hydrogens (tertiary/aromatic N) is 1. The van der Waals surface area contributed by atoms with E-state index in [2.05, 4.69) is 10.3 Å². The molecule has 0 unspecified atom stereocenters. The van der Waals surface area contributed by atoms with Gasteiger partial charge in [0.1, 0.15) is 0 Å². The molecule has 104 valence electrons. The summed E-state index contributed by atoms with van der Waals surface area (Å²) in [7, 11) is 0. The first-order valence-corrected chi connectivity index (χ1v) is 6.09. The Balaban J connectivity index is 2.15. The van der Waals surface area contributed by atoms with Gasteiger partial charge in [0.2, 0.25) is 5.88 Å². The van der Waals surface area contributed by atoms with Crippen LogP contribution < -0.4 is 15.8 Å². The van der Waals surface area contributed by atoms with E-state index in [4.69, 9.17) is 15.6 Å². The second-order valence-corrected chi connectivity index (χ2v) is 4.05. The number of nitrogens with two attached hydrogens (primary N) is 1. The molecule has 1 heterocycles. The second-order valence-electron chi connectivity index (χ2n) is 4.05. The van der Waals surface area contributed by atoms with E-state index in [0.717, 1.165) is 5.69 Å². The summed E-state index contributed by atoms with van der Waals surface area (Å²) >= 11 is 0. The molecule has 4 N–H and O–H groups in total. The number of rotatable bonds is 5. The summed E-state index contributed by atoms with van der Waals surface area (Å²) in [4.78, 5) is 14.9. The molecule has 1 aromatic heterocycles. The molecule has 2 aromatic rings. The molecule has 6 heteroatoms. The fraction of sp³-hybridized carbons (Fsp3) is 0.143. The van der Waals surface area contributed by atoms with Gasteiger partial charge < -0.3 is 20.9 Å². The summed E-state index contributed by atoms with van der Waals surface area (Å²) in [6.07, 6.45) is 1.62. The summed E-state index contributed by atoms with van der Waals surface area (Å²) in [5, 5.41) is 11.9. The third kappa shape index (κ3) is 3.17. The zero-order chi connectivity index (χ0) is 14.5. The highest BCUT2D eigenvalue weighted by Crippen LogP contribution is 2.24. The average Bonchev–Trinajstić information content (AvgIpc) is 2.43. The number of carboxylic acids is 1. The summed E-state index contributed by atoms with van der Waals surface area (Å²) < 4.78 is 5.25. The van der Waals surface area contributed by atoms with Crippen LogP contribution in [-0.4, -0.2) is 22.7 Å². The molecule has 2 rings (SSSR count). The van der Waals surface area contributed by atoms with Crippen molar-refractivity contribution in [1.29, 1.82) is 0 Å². The highest BCUT2D eigenvalue weighted by molar-refractivity contribution is 5.90. The third-order valence-corrected chi connectivity index (χ3v) is 2.61. The Kier molecular flexibility index (Phi) is 4.05. The van der Waals surface area contributed by atoms with Crippen molar-refractivity contribution in [3.05, 3.63) is 42.1 Å². The maximum Gasteiger partial charge on any atom is 0.335 e. The van der Waals surface area contributed by atoms with Crippen LogP contribution in [0.1, 0.15) is 17.3 Å². The third-order valence-electron chi connectivity index (χ3n) is 2.61. The number of anilines is 3. The standard InChI is InChI=1S/C14H15N3O3/c1-2-20-13-6-4-10(8-16-13)17-12-5-3-9(14(18)19)7-11(12)15/h3-8,17H,2,15H2,1H3,(H,18,19). The maximum absolute atomic E-state index is 10.8. The topological polar surface area (TPSA) is 97.5 Å². The minimum Gasteiger partial charge on any atom is -0.478 e. The Morgan fingerprint density at radius 1 is 1.40 bits per heavy atom. The SMILES string of the molecule is CCOc1ccc(Nc2ccc(C(=O)O)cc2N)cn1. The van der Waals surface area contributed by atoms with E-state index >= 15 is 0 Å². The predicted octanol–water partition coefficient (Wildman–Crippen LogP) is 2.50. The maximum atomic E-state index is 10.8. The molecule has 0 atom stereocenters. The Morgan fingerprint density at radius 2 is 2.20 bits per heavy atom. The average molecular weight is 273 g/mol. The number of hydrogen-bond acceptors (Lipinski definition) is 5. The minimum absolute atomic E-state index is 0.151. The largest absolute Gasteiger partial charge is 0.478 e. The number of hydrogen-bond donors (Lipinski definition) is 3. The van der Waals surface area contributed by atoms with Crippen LogP contribution in [0.3, 0.4) is 0 Å².